The molecule has 1 aliphatic rings. The minimum absolute atomic E-state index is 0.291. The van der Waals surface area contributed by atoms with Crippen LogP contribution in [0.4, 0.5) is 0 Å². The number of hydrogen-bond donors (Lipinski definition) is 0. The molecule has 0 aromatic carbocycles. The van der Waals surface area contributed by atoms with Crippen LogP contribution in [0.5, 0.6) is 0 Å². The summed E-state index contributed by atoms with van der Waals surface area (Å²) in [7, 11) is 0. The molecule has 0 amide bonds. The van der Waals surface area contributed by atoms with Crippen molar-refractivity contribution in [3.63, 3.8) is 0 Å². The van der Waals surface area contributed by atoms with Gasteiger partial charge in [-0.15, -0.1) is 0 Å². The smallest absolute Gasteiger partial charge is 0.129 e. The van der Waals surface area contributed by atoms with Crippen molar-refractivity contribution in [3.05, 3.63) is 0 Å². The van der Waals surface area contributed by atoms with Crippen molar-refractivity contribution in [2.75, 3.05) is 13.1 Å². The van der Waals surface area contributed by atoms with E-state index in [0.29, 0.717) is 18.0 Å². The normalized spacial score (nSPS) is 21.4. The summed E-state index contributed by atoms with van der Waals surface area (Å²) in [5.41, 5.74) is 0. The number of hydrogen-bond acceptors (Lipinski definition) is 3. The number of Topliss-reactive ketones (excluding diaryl/α,β-unsaturated/α-hetero) is 1. The lowest BCUT2D eigenvalue weighted by Crippen LogP contribution is -2.47. The van der Waals surface area contributed by atoms with Gasteiger partial charge < -0.3 is 14.4 Å². The van der Waals surface area contributed by atoms with Crippen LogP contribution in [0.2, 0.25) is 0 Å². The average Bonchev–Trinajstić information content (AvgIpc) is 2.47. The molecular formula is C19H35NO2S. The number of carbonyl (C=O) groups is 1. The molecule has 2 atom stereocenters. The largest absolute Gasteiger partial charge is 0.372 e. The van der Waals surface area contributed by atoms with Gasteiger partial charge in [0.05, 0.1) is 17.2 Å². The fourth-order valence-corrected chi connectivity index (χ4v) is 3.54. The van der Waals surface area contributed by atoms with Crippen molar-refractivity contribution in [2.45, 2.75) is 97.2 Å². The van der Waals surface area contributed by atoms with Crippen LogP contribution in [0.15, 0.2) is 0 Å². The van der Waals surface area contributed by atoms with Crippen LogP contribution in [0.1, 0.15) is 85.0 Å². The van der Waals surface area contributed by atoms with E-state index in [-0.39, 0.29) is 0 Å². The standard InChI is InChI=1S/C19H35NO2S/c1-16(21)12-10-8-6-4-5-7-9-11-13-19(23)20-14-17(2)22-18(3)15-20/h17-18H,4-15H2,1-3H3. The molecule has 0 aromatic heterocycles. The highest BCUT2D eigenvalue weighted by atomic mass is 32.1. The summed E-state index contributed by atoms with van der Waals surface area (Å²) in [6, 6.07) is 0. The molecule has 1 saturated heterocycles. The number of morpholine rings is 1. The molecule has 1 aliphatic heterocycles. The summed E-state index contributed by atoms with van der Waals surface area (Å²) < 4.78 is 5.76. The Hall–Kier alpha value is -0.480. The van der Waals surface area contributed by atoms with Gasteiger partial charge in [-0.05, 0) is 40.0 Å². The molecule has 2 unspecified atom stereocenters. The third kappa shape index (κ3) is 10.1. The molecule has 23 heavy (non-hydrogen) atoms. The lowest BCUT2D eigenvalue weighted by Gasteiger charge is -2.37. The predicted octanol–water partition coefficient (Wildman–Crippen LogP) is 4.91. The second-order valence-electron chi connectivity index (χ2n) is 7.09. The van der Waals surface area contributed by atoms with Crippen LogP contribution in [-0.2, 0) is 9.53 Å². The van der Waals surface area contributed by atoms with Gasteiger partial charge in [-0.1, -0.05) is 50.7 Å². The highest BCUT2D eigenvalue weighted by Gasteiger charge is 2.23. The van der Waals surface area contributed by atoms with Gasteiger partial charge in [0.2, 0.25) is 0 Å². The number of thiocarbonyl (C=S) groups is 1. The lowest BCUT2D eigenvalue weighted by atomic mass is 10.1. The third-order valence-corrected chi connectivity index (χ3v) is 4.90. The van der Waals surface area contributed by atoms with Crippen molar-refractivity contribution in [2.24, 2.45) is 0 Å². The SMILES string of the molecule is CC(=O)CCCCCCCCCCC(=S)N1CC(C)OC(C)C1. The van der Waals surface area contributed by atoms with Gasteiger partial charge in [0.15, 0.2) is 0 Å². The predicted molar refractivity (Wildman–Crippen MR) is 101 cm³/mol. The summed E-state index contributed by atoms with van der Waals surface area (Å²) in [6.07, 6.45) is 12.4. The first-order chi connectivity index (χ1) is 11.0. The topological polar surface area (TPSA) is 29.5 Å². The number of carbonyl (C=O) groups excluding carboxylic acids is 1. The zero-order valence-electron chi connectivity index (χ0n) is 15.3. The van der Waals surface area contributed by atoms with E-state index in [0.717, 1.165) is 37.3 Å². The molecule has 4 heteroatoms. The monoisotopic (exact) mass is 341 g/mol. The Morgan fingerprint density at radius 2 is 1.35 bits per heavy atom. The first kappa shape index (κ1) is 20.6. The Kier molecular flexibility index (Phi) is 10.7. The number of ether oxygens (including phenoxy) is 1. The van der Waals surface area contributed by atoms with E-state index in [9.17, 15) is 4.79 Å². The van der Waals surface area contributed by atoms with Crippen LogP contribution < -0.4 is 0 Å². The van der Waals surface area contributed by atoms with Gasteiger partial charge in [0.25, 0.3) is 0 Å². The molecule has 0 aliphatic carbocycles. The van der Waals surface area contributed by atoms with E-state index in [1.807, 2.05) is 0 Å². The van der Waals surface area contributed by atoms with Crippen molar-refractivity contribution in [3.8, 4) is 0 Å². The maximum absolute atomic E-state index is 10.8. The summed E-state index contributed by atoms with van der Waals surface area (Å²) >= 11 is 5.59. The van der Waals surface area contributed by atoms with Gasteiger partial charge >= 0.3 is 0 Å². The Morgan fingerprint density at radius 3 is 1.83 bits per heavy atom. The van der Waals surface area contributed by atoms with Crippen LogP contribution in [-0.4, -0.2) is 41.0 Å². The first-order valence-corrected chi connectivity index (χ1v) is 9.82. The van der Waals surface area contributed by atoms with Crippen molar-refractivity contribution >= 4 is 23.0 Å². The molecule has 1 fully saturated rings. The maximum Gasteiger partial charge on any atom is 0.129 e. The molecule has 1 rings (SSSR count). The van der Waals surface area contributed by atoms with E-state index in [1.54, 1.807) is 6.92 Å². The van der Waals surface area contributed by atoms with Crippen LogP contribution in [0.25, 0.3) is 0 Å². The third-order valence-electron chi connectivity index (χ3n) is 4.44. The number of nitrogens with zero attached hydrogens (tertiary/aromatic N) is 1. The van der Waals surface area contributed by atoms with Gasteiger partial charge in [-0.2, -0.15) is 0 Å². The van der Waals surface area contributed by atoms with Gasteiger partial charge in [-0.25, -0.2) is 0 Å². The molecule has 0 N–H and O–H groups in total. The molecule has 0 saturated carbocycles. The zero-order chi connectivity index (χ0) is 17.1. The van der Waals surface area contributed by atoms with Crippen molar-refractivity contribution in [1.29, 1.82) is 0 Å². The van der Waals surface area contributed by atoms with E-state index < -0.39 is 0 Å². The van der Waals surface area contributed by atoms with Crippen LogP contribution in [0, 0.1) is 0 Å². The number of unbranched alkanes of at least 4 members (excludes halogenated alkanes) is 7. The zero-order valence-corrected chi connectivity index (χ0v) is 16.1. The fourth-order valence-electron chi connectivity index (χ4n) is 3.25. The minimum Gasteiger partial charge on any atom is -0.372 e. The second kappa shape index (κ2) is 12.0. The highest BCUT2D eigenvalue weighted by molar-refractivity contribution is 7.80. The lowest BCUT2D eigenvalue weighted by molar-refractivity contribution is -0.117. The Balaban J connectivity index is 1.94. The van der Waals surface area contributed by atoms with Crippen LogP contribution in [0.3, 0.4) is 0 Å². The number of ketones is 1. The molecule has 1 heterocycles. The maximum atomic E-state index is 10.8. The molecule has 0 radical (unpaired) electrons. The van der Waals surface area contributed by atoms with Gasteiger partial charge in [0, 0.05) is 19.5 Å². The summed E-state index contributed by atoms with van der Waals surface area (Å²) in [5.74, 6) is 0.324. The Labute approximate surface area is 148 Å². The van der Waals surface area contributed by atoms with Crippen molar-refractivity contribution in [1.82, 2.24) is 4.90 Å². The number of rotatable bonds is 11. The van der Waals surface area contributed by atoms with E-state index >= 15 is 0 Å². The minimum atomic E-state index is 0.291. The Morgan fingerprint density at radius 1 is 0.913 bits per heavy atom. The van der Waals surface area contributed by atoms with E-state index in [2.05, 4.69) is 18.7 Å². The van der Waals surface area contributed by atoms with Gasteiger partial charge in [-0.3, -0.25) is 0 Å². The molecular weight excluding hydrogens is 306 g/mol. The fraction of sp³-hybridized carbons (Fsp3) is 0.895. The Bertz CT molecular complexity index is 349. The molecule has 134 valence electrons. The van der Waals surface area contributed by atoms with Crippen LogP contribution >= 0.6 is 12.2 Å². The summed E-state index contributed by atoms with van der Waals surface area (Å²) in [6.45, 7) is 7.83. The first-order valence-electron chi connectivity index (χ1n) is 9.41. The quantitative estimate of drug-likeness (QED) is 0.394. The average molecular weight is 342 g/mol. The molecule has 0 aromatic rings. The van der Waals surface area contributed by atoms with Gasteiger partial charge in [0.1, 0.15) is 5.78 Å². The molecule has 0 spiro atoms. The molecule has 0 bridgehead atoms. The van der Waals surface area contributed by atoms with Crippen molar-refractivity contribution < 1.29 is 9.53 Å². The van der Waals surface area contributed by atoms with E-state index in [4.69, 9.17) is 17.0 Å². The summed E-state index contributed by atoms with van der Waals surface area (Å²) in [5, 5.41) is 0. The second-order valence-corrected chi connectivity index (χ2v) is 7.56. The van der Waals surface area contributed by atoms with E-state index in [1.165, 1.54) is 44.9 Å². The summed E-state index contributed by atoms with van der Waals surface area (Å²) in [4.78, 5) is 14.3. The highest BCUT2D eigenvalue weighted by Crippen LogP contribution is 2.15. The molecule has 3 nitrogen and oxygen atoms in total.